The Morgan fingerprint density at radius 1 is 1.36 bits per heavy atom. The lowest BCUT2D eigenvalue weighted by Gasteiger charge is -2.21. The maximum atomic E-state index is 12.4. The highest BCUT2D eigenvalue weighted by Gasteiger charge is 2.18. The highest BCUT2D eigenvalue weighted by Crippen LogP contribution is 2.19. The van der Waals surface area contributed by atoms with E-state index in [1.807, 2.05) is 19.9 Å². The van der Waals surface area contributed by atoms with Gasteiger partial charge in [-0.3, -0.25) is 4.79 Å². The van der Waals surface area contributed by atoms with Crippen LogP contribution in [0.2, 0.25) is 0 Å². The summed E-state index contributed by atoms with van der Waals surface area (Å²) in [5.41, 5.74) is 1.90. The van der Waals surface area contributed by atoms with Crippen molar-refractivity contribution in [1.29, 1.82) is 0 Å². The van der Waals surface area contributed by atoms with Crippen LogP contribution >= 0.6 is 0 Å². The number of aromatic nitrogens is 1. The van der Waals surface area contributed by atoms with Gasteiger partial charge >= 0.3 is 0 Å². The standard InChI is InChI=1S/C17H22N2O3/c1-11(2)14(8-9-20)19-17(21)13-6-7-15(18-12(13)3)16-5-4-10-22-16/h4-7,10-11,14,20H,8-9H2,1-3H3,(H,19,21). The number of rotatable bonds is 6. The highest BCUT2D eigenvalue weighted by molar-refractivity contribution is 5.95. The van der Waals surface area contributed by atoms with E-state index >= 15 is 0 Å². The van der Waals surface area contributed by atoms with Gasteiger partial charge in [-0.2, -0.15) is 0 Å². The topological polar surface area (TPSA) is 75.4 Å². The van der Waals surface area contributed by atoms with Crippen LogP contribution in [-0.4, -0.2) is 28.6 Å². The monoisotopic (exact) mass is 302 g/mol. The molecule has 2 aromatic rings. The molecule has 0 bridgehead atoms. The summed E-state index contributed by atoms with van der Waals surface area (Å²) in [4.78, 5) is 16.8. The van der Waals surface area contributed by atoms with E-state index in [-0.39, 0.29) is 24.5 Å². The zero-order valence-electron chi connectivity index (χ0n) is 13.2. The van der Waals surface area contributed by atoms with Crippen LogP contribution in [0.3, 0.4) is 0 Å². The van der Waals surface area contributed by atoms with E-state index in [0.717, 1.165) is 0 Å². The summed E-state index contributed by atoms with van der Waals surface area (Å²) in [7, 11) is 0. The zero-order valence-corrected chi connectivity index (χ0v) is 13.2. The number of carbonyl (C=O) groups excluding carboxylic acids is 1. The van der Waals surface area contributed by atoms with Crippen LogP contribution in [-0.2, 0) is 0 Å². The summed E-state index contributed by atoms with van der Waals surface area (Å²) in [6, 6.07) is 7.11. The van der Waals surface area contributed by atoms with Crippen LogP contribution in [0.4, 0.5) is 0 Å². The van der Waals surface area contributed by atoms with Gasteiger partial charge in [0.1, 0.15) is 5.69 Å². The normalized spacial score (nSPS) is 12.4. The zero-order chi connectivity index (χ0) is 16.1. The Bertz CT molecular complexity index is 621. The minimum Gasteiger partial charge on any atom is -0.463 e. The summed E-state index contributed by atoms with van der Waals surface area (Å²) in [6.07, 6.45) is 2.13. The van der Waals surface area contributed by atoms with Gasteiger partial charge in [-0.15, -0.1) is 0 Å². The second-order valence-electron chi connectivity index (χ2n) is 5.64. The Labute approximate surface area is 130 Å². The molecule has 22 heavy (non-hydrogen) atoms. The number of hydrogen-bond acceptors (Lipinski definition) is 4. The number of nitrogens with zero attached hydrogens (tertiary/aromatic N) is 1. The summed E-state index contributed by atoms with van der Waals surface area (Å²) in [5, 5.41) is 12.1. The van der Waals surface area contributed by atoms with Crippen molar-refractivity contribution in [2.45, 2.75) is 33.2 Å². The van der Waals surface area contributed by atoms with E-state index in [0.29, 0.717) is 29.1 Å². The molecule has 2 rings (SSSR count). The predicted octanol–water partition coefficient (Wildman–Crippen LogP) is 2.79. The van der Waals surface area contributed by atoms with Gasteiger partial charge < -0.3 is 14.8 Å². The van der Waals surface area contributed by atoms with Gasteiger partial charge in [0, 0.05) is 12.6 Å². The van der Waals surface area contributed by atoms with Gasteiger partial charge in [-0.1, -0.05) is 13.8 Å². The first kappa shape index (κ1) is 16.2. The fourth-order valence-corrected chi connectivity index (χ4v) is 2.32. The largest absolute Gasteiger partial charge is 0.463 e. The summed E-state index contributed by atoms with van der Waals surface area (Å²) in [5.74, 6) is 0.769. The Balaban J connectivity index is 2.16. The predicted molar refractivity (Wildman–Crippen MR) is 84.5 cm³/mol. The number of carbonyl (C=O) groups is 1. The van der Waals surface area contributed by atoms with E-state index in [4.69, 9.17) is 9.52 Å². The number of aryl methyl sites for hydroxylation is 1. The molecule has 0 radical (unpaired) electrons. The molecule has 2 heterocycles. The van der Waals surface area contributed by atoms with E-state index in [9.17, 15) is 4.79 Å². The minimum absolute atomic E-state index is 0.0534. The molecule has 0 aliphatic carbocycles. The molecule has 0 aliphatic rings. The molecule has 0 saturated carbocycles. The molecule has 5 heteroatoms. The summed E-state index contributed by atoms with van der Waals surface area (Å²) < 4.78 is 5.31. The maximum Gasteiger partial charge on any atom is 0.253 e. The number of aliphatic hydroxyl groups is 1. The number of pyridine rings is 1. The van der Waals surface area contributed by atoms with Crippen molar-refractivity contribution in [3.05, 3.63) is 41.8 Å². The number of hydrogen-bond donors (Lipinski definition) is 2. The van der Waals surface area contributed by atoms with Gasteiger partial charge in [-0.25, -0.2) is 4.98 Å². The number of furan rings is 1. The first-order chi connectivity index (χ1) is 10.5. The van der Waals surface area contributed by atoms with Crippen molar-refractivity contribution in [2.24, 2.45) is 5.92 Å². The molecule has 1 atom stereocenters. The van der Waals surface area contributed by atoms with Crippen molar-refractivity contribution in [2.75, 3.05) is 6.61 Å². The van der Waals surface area contributed by atoms with Crippen LogP contribution in [0, 0.1) is 12.8 Å². The molecule has 0 aliphatic heterocycles. The lowest BCUT2D eigenvalue weighted by Crippen LogP contribution is -2.39. The molecule has 2 aromatic heterocycles. The first-order valence-electron chi connectivity index (χ1n) is 7.46. The number of aliphatic hydroxyl groups excluding tert-OH is 1. The molecule has 2 N–H and O–H groups in total. The van der Waals surface area contributed by atoms with E-state index in [2.05, 4.69) is 10.3 Å². The Morgan fingerprint density at radius 3 is 2.68 bits per heavy atom. The lowest BCUT2D eigenvalue weighted by molar-refractivity contribution is 0.0915. The van der Waals surface area contributed by atoms with Crippen LogP contribution < -0.4 is 5.32 Å². The molecule has 5 nitrogen and oxygen atoms in total. The molecule has 1 unspecified atom stereocenters. The van der Waals surface area contributed by atoms with Crippen molar-refractivity contribution >= 4 is 5.91 Å². The van der Waals surface area contributed by atoms with Crippen molar-refractivity contribution in [3.8, 4) is 11.5 Å². The third-order valence-electron chi connectivity index (χ3n) is 3.67. The Kier molecular flexibility index (Phi) is 5.33. The molecule has 0 aromatic carbocycles. The number of nitrogens with one attached hydrogen (secondary N) is 1. The molecule has 1 amide bonds. The fraction of sp³-hybridized carbons (Fsp3) is 0.412. The molecule has 118 valence electrons. The Hall–Kier alpha value is -2.14. The molecule has 0 fully saturated rings. The second-order valence-corrected chi connectivity index (χ2v) is 5.64. The maximum absolute atomic E-state index is 12.4. The quantitative estimate of drug-likeness (QED) is 0.860. The Morgan fingerprint density at radius 2 is 2.14 bits per heavy atom. The summed E-state index contributed by atoms with van der Waals surface area (Å²) in [6.45, 7) is 5.90. The lowest BCUT2D eigenvalue weighted by atomic mass is 10.0. The first-order valence-corrected chi connectivity index (χ1v) is 7.46. The molecule has 0 spiro atoms. The van der Waals surface area contributed by atoms with E-state index in [1.165, 1.54) is 0 Å². The van der Waals surface area contributed by atoms with Gasteiger partial charge in [0.2, 0.25) is 0 Å². The average Bonchev–Trinajstić information content (AvgIpc) is 3.00. The van der Waals surface area contributed by atoms with Crippen LogP contribution in [0.25, 0.3) is 11.5 Å². The third-order valence-corrected chi connectivity index (χ3v) is 3.67. The molecular formula is C17H22N2O3. The molecule has 0 saturated heterocycles. The van der Waals surface area contributed by atoms with Crippen LogP contribution in [0.1, 0.15) is 36.3 Å². The fourth-order valence-electron chi connectivity index (χ4n) is 2.32. The average molecular weight is 302 g/mol. The third kappa shape index (κ3) is 3.74. The second kappa shape index (κ2) is 7.22. The summed E-state index contributed by atoms with van der Waals surface area (Å²) >= 11 is 0. The van der Waals surface area contributed by atoms with Gasteiger partial charge in [0.15, 0.2) is 5.76 Å². The minimum atomic E-state index is -0.164. The van der Waals surface area contributed by atoms with Crippen LogP contribution in [0.5, 0.6) is 0 Å². The highest BCUT2D eigenvalue weighted by atomic mass is 16.3. The van der Waals surface area contributed by atoms with E-state index < -0.39 is 0 Å². The van der Waals surface area contributed by atoms with E-state index in [1.54, 1.807) is 31.4 Å². The molecular weight excluding hydrogens is 280 g/mol. The number of amides is 1. The van der Waals surface area contributed by atoms with Gasteiger partial charge in [0.05, 0.1) is 17.5 Å². The van der Waals surface area contributed by atoms with Crippen molar-refractivity contribution in [3.63, 3.8) is 0 Å². The van der Waals surface area contributed by atoms with Gasteiger partial charge in [0.25, 0.3) is 5.91 Å². The van der Waals surface area contributed by atoms with Gasteiger partial charge in [-0.05, 0) is 43.5 Å². The van der Waals surface area contributed by atoms with Crippen molar-refractivity contribution in [1.82, 2.24) is 10.3 Å². The van der Waals surface area contributed by atoms with Crippen LogP contribution in [0.15, 0.2) is 34.9 Å². The van der Waals surface area contributed by atoms with Crippen molar-refractivity contribution < 1.29 is 14.3 Å². The smallest absolute Gasteiger partial charge is 0.253 e. The SMILES string of the molecule is Cc1nc(-c2ccco2)ccc1C(=O)NC(CCO)C(C)C.